The van der Waals surface area contributed by atoms with Gasteiger partial charge in [0.15, 0.2) is 5.78 Å². The Morgan fingerprint density at radius 3 is 2.55 bits per heavy atom. The number of ketones is 1. The fourth-order valence-electron chi connectivity index (χ4n) is 3.48. The van der Waals surface area contributed by atoms with Crippen LogP contribution in [0, 0.1) is 5.41 Å². The lowest BCUT2D eigenvalue weighted by Gasteiger charge is -2.43. The van der Waals surface area contributed by atoms with E-state index >= 15 is 0 Å². The number of fused-ring (bicyclic) bond motifs is 1. The third-order valence-corrected chi connectivity index (χ3v) is 4.96. The third kappa shape index (κ3) is 1.73. The highest BCUT2D eigenvalue weighted by Gasteiger charge is 2.44. The normalized spacial score (nSPS) is 19.8. The molecule has 1 heterocycles. The quantitative estimate of drug-likeness (QED) is 0.799. The average Bonchev–Trinajstić information content (AvgIpc) is 2.82. The van der Waals surface area contributed by atoms with Crippen LogP contribution in [0.5, 0.6) is 0 Å². The molecule has 0 N–H and O–H groups in total. The Morgan fingerprint density at radius 1 is 1.15 bits per heavy atom. The molecule has 1 spiro atoms. The Morgan fingerprint density at radius 2 is 1.90 bits per heavy atom. The number of imidazole rings is 1. The zero-order valence-corrected chi connectivity index (χ0v) is 11.9. The summed E-state index contributed by atoms with van der Waals surface area (Å²) in [7, 11) is 0. The van der Waals surface area contributed by atoms with Gasteiger partial charge in [-0.1, -0.05) is 18.0 Å². The second kappa shape index (κ2) is 4.19. The maximum absolute atomic E-state index is 12.5. The van der Waals surface area contributed by atoms with Crippen molar-refractivity contribution in [1.82, 2.24) is 9.55 Å². The van der Waals surface area contributed by atoms with Gasteiger partial charge in [-0.15, -0.1) is 0 Å². The lowest BCUT2D eigenvalue weighted by atomic mass is 9.61. The van der Waals surface area contributed by atoms with Gasteiger partial charge in [0.05, 0.1) is 5.69 Å². The Balaban J connectivity index is 1.78. The number of halogens is 1. The molecule has 2 aliphatic carbocycles. The van der Waals surface area contributed by atoms with E-state index in [0.29, 0.717) is 11.4 Å². The fourth-order valence-corrected chi connectivity index (χ4v) is 3.61. The molecule has 0 radical (unpaired) electrons. The summed E-state index contributed by atoms with van der Waals surface area (Å²) in [5, 5.41) is 0.697. The van der Waals surface area contributed by atoms with Crippen molar-refractivity contribution < 1.29 is 4.79 Å². The Kier molecular flexibility index (Phi) is 2.55. The van der Waals surface area contributed by atoms with Crippen LogP contribution < -0.4 is 0 Å². The van der Waals surface area contributed by atoms with Crippen LogP contribution in [-0.2, 0) is 6.42 Å². The predicted octanol–water partition coefficient (Wildman–Crippen LogP) is 3.82. The van der Waals surface area contributed by atoms with E-state index in [4.69, 9.17) is 11.6 Å². The molecule has 20 heavy (non-hydrogen) atoms. The van der Waals surface area contributed by atoms with Gasteiger partial charge in [0, 0.05) is 17.1 Å². The fraction of sp³-hybridized carbons (Fsp3) is 0.375. The van der Waals surface area contributed by atoms with Gasteiger partial charge in [0.25, 0.3) is 0 Å². The molecule has 0 saturated heterocycles. The second-order valence-corrected chi connectivity index (χ2v) is 6.45. The molecule has 2 aromatic rings. The zero-order valence-electron chi connectivity index (χ0n) is 11.1. The van der Waals surface area contributed by atoms with E-state index < -0.39 is 0 Å². The average molecular weight is 287 g/mol. The van der Waals surface area contributed by atoms with Crippen molar-refractivity contribution in [2.24, 2.45) is 5.41 Å². The van der Waals surface area contributed by atoms with Crippen LogP contribution in [0.2, 0.25) is 5.02 Å². The van der Waals surface area contributed by atoms with Crippen molar-refractivity contribution in [2.75, 3.05) is 0 Å². The smallest absolute Gasteiger partial charge is 0.182 e. The SMILES string of the molecule is O=C1CC2(CCC2)Cc2ncn(-c3ccc(Cl)cc3)c21. The molecule has 0 unspecified atom stereocenters. The predicted molar refractivity (Wildman–Crippen MR) is 77.5 cm³/mol. The minimum absolute atomic E-state index is 0.225. The maximum Gasteiger partial charge on any atom is 0.182 e. The van der Waals surface area contributed by atoms with Crippen LogP contribution in [0.15, 0.2) is 30.6 Å². The minimum Gasteiger partial charge on any atom is -0.296 e. The number of aromatic nitrogens is 2. The molecule has 0 atom stereocenters. The molecule has 4 rings (SSSR count). The Hall–Kier alpha value is -1.61. The zero-order chi connectivity index (χ0) is 13.7. The minimum atomic E-state index is 0.225. The topological polar surface area (TPSA) is 34.9 Å². The summed E-state index contributed by atoms with van der Waals surface area (Å²) in [6.45, 7) is 0. The second-order valence-electron chi connectivity index (χ2n) is 6.02. The van der Waals surface area contributed by atoms with Gasteiger partial charge in [-0.05, 0) is 48.9 Å². The number of Topliss-reactive ketones (excluding diaryl/α,β-unsaturated/α-hetero) is 1. The lowest BCUT2D eigenvalue weighted by molar-refractivity contribution is 0.0699. The third-order valence-electron chi connectivity index (χ3n) is 4.70. The number of hydrogen-bond donors (Lipinski definition) is 0. The van der Waals surface area contributed by atoms with Crippen LogP contribution in [0.25, 0.3) is 5.69 Å². The van der Waals surface area contributed by atoms with Crippen molar-refractivity contribution >= 4 is 17.4 Å². The van der Waals surface area contributed by atoms with Crippen molar-refractivity contribution in [2.45, 2.75) is 32.1 Å². The standard InChI is InChI=1S/C16H15ClN2O/c17-11-2-4-12(5-3-11)19-10-18-13-8-16(6-1-7-16)9-14(20)15(13)19/h2-5,10H,1,6-9H2. The highest BCUT2D eigenvalue weighted by molar-refractivity contribution is 6.30. The van der Waals surface area contributed by atoms with Gasteiger partial charge >= 0.3 is 0 Å². The summed E-state index contributed by atoms with van der Waals surface area (Å²) in [4.78, 5) is 17.0. The van der Waals surface area contributed by atoms with Crippen LogP contribution in [0.4, 0.5) is 0 Å². The maximum atomic E-state index is 12.5. The largest absolute Gasteiger partial charge is 0.296 e. The monoisotopic (exact) mass is 286 g/mol. The van der Waals surface area contributed by atoms with Crippen LogP contribution in [0.1, 0.15) is 41.9 Å². The molecule has 1 saturated carbocycles. The molecule has 2 aliphatic rings. The molecule has 4 heteroatoms. The number of benzene rings is 1. The lowest BCUT2D eigenvalue weighted by Crippen LogP contribution is -2.38. The first-order valence-corrected chi connectivity index (χ1v) is 7.40. The molecular weight excluding hydrogens is 272 g/mol. The molecule has 1 aromatic heterocycles. The van der Waals surface area contributed by atoms with Crippen molar-refractivity contribution in [3.8, 4) is 5.69 Å². The van der Waals surface area contributed by atoms with Gasteiger partial charge in [0.1, 0.15) is 12.0 Å². The van der Waals surface area contributed by atoms with Crippen LogP contribution >= 0.6 is 11.6 Å². The van der Waals surface area contributed by atoms with E-state index in [0.717, 1.165) is 23.5 Å². The van der Waals surface area contributed by atoms with Crippen molar-refractivity contribution in [1.29, 1.82) is 0 Å². The van der Waals surface area contributed by atoms with E-state index in [-0.39, 0.29) is 11.2 Å². The van der Waals surface area contributed by atoms with E-state index in [9.17, 15) is 4.79 Å². The van der Waals surface area contributed by atoms with E-state index in [1.165, 1.54) is 19.3 Å². The number of carbonyl (C=O) groups excluding carboxylic acids is 1. The van der Waals surface area contributed by atoms with Gasteiger partial charge in [-0.2, -0.15) is 0 Å². The first-order valence-electron chi connectivity index (χ1n) is 7.02. The highest BCUT2D eigenvalue weighted by Crippen LogP contribution is 2.50. The van der Waals surface area contributed by atoms with Gasteiger partial charge in [0.2, 0.25) is 0 Å². The summed E-state index contributed by atoms with van der Waals surface area (Å²) in [5.74, 6) is 0.235. The molecule has 3 nitrogen and oxygen atoms in total. The summed E-state index contributed by atoms with van der Waals surface area (Å²) >= 11 is 5.92. The van der Waals surface area contributed by atoms with Gasteiger partial charge in [-0.3, -0.25) is 9.36 Å². The molecular formula is C16H15ClN2O. The molecule has 0 aliphatic heterocycles. The highest BCUT2D eigenvalue weighted by atomic mass is 35.5. The van der Waals surface area contributed by atoms with Crippen LogP contribution in [-0.4, -0.2) is 15.3 Å². The first kappa shape index (κ1) is 12.2. The van der Waals surface area contributed by atoms with E-state index in [1.54, 1.807) is 6.33 Å². The number of rotatable bonds is 1. The molecule has 0 amide bonds. The Bertz CT molecular complexity index is 683. The van der Waals surface area contributed by atoms with E-state index in [2.05, 4.69) is 4.98 Å². The molecule has 1 aromatic carbocycles. The van der Waals surface area contributed by atoms with E-state index in [1.807, 2.05) is 28.8 Å². The molecule has 1 fully saturated rings. The van der Waals surface area contributed by atoms with Crippen LogP contribution in [0.3, 0.4) is 0 Å². The van der Waals surface area contributed by atoms with Gasteiger partial charge in [-0.25, -0.2) is 4.98 Å². The Labute approximate surface area is 122 Å². The van der Waals surface area contributed by atoms with Gasteiger partial charge < -0.3 is 0 Å². The molecule has 102 valence electrons. The summed E-state index contributed by atoms with van der Waals surface area (Å²) in [5.41, 5.74) is 2.91. The number of nitrogens with zero attached hydrogens (tertiary/aromatic N) is 2. The first-order chi connectivity index (χ1) is 9.67. The molecule has 0 bridgehead atoms. The van der Waals surface area contributed by atoms with Crippen molar-refractivity contribution in [3.05, 3.63) is 47.0 Å². The number of carbonyl (C=O) groups is 1. The number of hydrogen-bond acceptors (Lipinski definition) is 2. The summed E-state index contributed by atoms with van der Waals surface area (Å²) in [6.07, 6.45) is 7.00. The van der Waals surface area contributed by atoms with Crippen molar-refractivity contribution in [3.63, 3.8) is 0 Å². The summed E-state index contributed by atoms with van der Waals surface area (Å²) in [6, 6.07) is 7.52. The summed E-state index contributed by atoms with van der Waals surface area (Å²) < 4.78 is 1.90.